The van der Waals surface area contributed by atoms with Crippen molar-refractivity contribution in [3.8, 4) is 0 Å². The summed E-state index contributed by atoms with van der Waals surface area (Å²) in [5, 5.41) is 0. The maximum absolute atomic E-state index is 5.61. The predicted octanol–water partition coefficient (Wildman–Crippen LogP) is 2.92. The molecule has 0 saturated carbocycles. The van der Waals surface area contributed by atoms with Gasteiger partial charge in [0.2, 0.25) is 0 Å². The van der Waals surface area contributed by atoms with E-state index >= 15 is 0 Å². The largest absolute Gasteiger partial charge is 0.379 e. The Balaban J connectivity index is 2.13. The molecule has 0 radical (unpaired) electrons. The van der Waals surface area contributed by atoms with Crippen LogP contribution in [0.3, 0.4) is 0 Å². The molecule has 0 N–H and O–H groups in total. The molecule has 1 aliphatic rings. The van der Waals surface area contributed by atoms with E-state index in [-0.39, 0.29) is 0 Å². The number of ether oxygens (including phenoxy) is 1. The van der Waals surface area contributed by atoms with Crippen molar-refractivity contribution < 1.29 is 4.74 Å². The summed E-state index contributed by atoms with van der Waals surface area (Å²) in [6.07, 6.45) is 4.27. The number of likely N-dealkylation sites (tertiary alicyclic amines) is 1. The van der Waals surface area contributed by atoms with Gasteiger partial charge in [-0.05, 0) is 52.5 Å². The summed E-state index contributed by atoms with van der Waals surface area (Å²) in [6.45, 7) is 12.4. The van der Waals surface area contributed by atoms with Crippen molar-refractivity contribution in [1.82, 2.24) is 4.90 Å². The Labute approximate surface area is 95.0 Å². The molecular formula is C13H27NO. The number of hydrogen-bond acceptors (Lipinski definition) is 2. The maximum atomic E-state index is 5.61. The van der Waals surface area contributed by atoms with Crippen molar-refractivity contribution in [1.29, 1.82) is 0 Å². The van der Waals surface area contributed by atoms with Crippen molar-refractivity contribution >= 4 is 0 Å². The average Bonchev–Trinajstić information content (AvgIpc) is 2.65. The lowest BCUT2D eigenvalue weighted by Gasteiger charge is -2.23. The first kappa shape index (κ1) is 13.0. The van der Waals surface area contributed by atoms with E-state index in [1.165, 1.54) is 32.4 Å². The minimum absolute atomic E-state index is 0.386. The minimum atomic E-state index is 0.386. The summed E-state index contributed by atoms with van der Waals surface area (Å²) in [4.78, 5) is 2.63. The Morgan fingerprint density at radius 1 is 1.33 bits per heavy atom. The fraction of sp³-hybridized carbons (Fsp3) is 1.00. The molecule has 0 aromatic heterocycles. The monoisotopic (exact) mass is 213 g/mol. The smallest absolute Gasteiger partial charge is 0.0518 e. The second-order valence-corrected chi connectivity index (χ2v) is 5.12. The highest BCUT2D eigenvalue weighted by atomic mass is 16.5. The lowest BCUT2D eigenvalue weighted by molar-refractivity contribution is 0.0685. The molecule has 1 saturated heterocycles. The molecule has 0 amide bonds. The summed E-state index contributed by atoms with van der Waals surface area (Å²) in [7, 11) is 0. The summed E-state index contributed by atoms with van der Waals surface area (Å²) in [6, 6.07) is 0.765. The van der Waals surface area contributed by atoms with Crippen LogP contribution >= 0.6 is 0 Å². The van der Waals surface area contributed by atoms with E-state index in [9.17, 15) is 0 Å². The van der Waals surface area contributed by atoms with E-state index in [1.807, 2.05) is 0 Å². The van der Waals surface area contributed by atoms with Gasteiger partial charge in [0, 0.05) is 19.2 Å². The molecule has 2 unspecified atom stereocenters. The standard InChI is InChI=1S/C13H27NO/c1-5-12(4)14-8-6-13(10-14)7-9-15-11(2)3/h11-13H,5-10H2,1-4H3. The van der Waals surface area contributed by atoms with Crippen molar-refractivity contribution in [2.75, 3.05) is 19.7 Å². The van der Waals surface area contributed by atoms with Gasteiger partial charge in [-0.15, -0.1) is 0 Å². The van der Waals surface area contributed by atoms with E-state index in [1.54, 1.807) is 0 Å². The first-order chi connectivity index (χ1) is 7.13. The molecule has 2 nitrogen and oxygen atoms in total. The van der Waals surface area contributed by atoms with Gasteiger partial charge in [-0.1, -0.05) is 6.92 Å². The quantitative estimate of drug-likeness (QED) is 0.672. The molecule has 90 valence electrons. The van der Waals surface area contributed by atoms with Crippen LogP contribution in [-0.2, 0) is 4.74 Å². The van der Waals surface area contributed by atoms with Gasteiger partial charge in [-0.3, -0.25) is 0 Å². The van der Waals surface area contributed by atoms with Crippen LogP contribution < -0.4 is 0 Å². The fourth-order valence-corrected chi connectivity index (χ4v) is 2.23. The summed E-state index contributed by atoms with van der Waals surface area (Å²) in [5.74, 6) is 0.873. The maximum Gasteiger partial charge on any atom is 0.0518 e. The topological polar surface area (TPSA) is 12.5 Å². The van der Waals surface area contributed by atoms with Crippen molar-refractivity contribution in [3.05, 3.63) is 0 Å². The van der Waals surface area contributed by atoms with Crippen LogP contribution in [0.4, 0.5) is 0 Å². The predicted molar refractivity (Wildman–Crippen MR) is 65.1 cm³/mol. The van der Waals surface area contributed by atoms with Crippen LogP contribution in [0.2, 0.25) is 0 Å². The van der Waals surface area contributed by atoms with Crippen LogP contribution in [0.1, 0.15) is 47.0 Å². The third-order valence-corrected chi connectivity index (χ3v) is 3.51. The van der Waals surface area contributed by atoms with Gasteiger partial charge >= 0.3 is 0 Å². The van der Waals surface area contributed by atoms with Crippen LogP contribution in [0.25, 0.3) is 0 Å². The van der Waals surface area contributed by atoms with E-state index in [4.69, 9.17) is 4.74 Å². The highest BCUT2D eigenvalue weighted by Gasteiger charge is 2.24. The number of rotatable bonds is 6. The minimum Gasteiger partial charge on any atom is -0.379 e. The zero-order chi connectivity index (χ0) is 11.3. The molecule has 0 aliphatic carbocycles. The Hall–Kier alpha value is -0.0800. The van der Waals surface area contributed by atoms with Gasteiger partial charge in [0.25, 0.3) is 0 Å². The van der Waals surface area contributed by atoms with Gasteiger partial charge in [0.1, 0.15) is 0 Å². The molecule has 0 aromatic rings. The van der Waals surface area contributed by atoms with Gasteiger partial charge in [-0.2, -0.15) is 0 Å². The second kappa shape index (κ2) is 6.49. The van der Waals surface area contributed by atoms with Gasteiger partial charge in [-0.25, -0.2) is 0 Å². The first-order valence-electron chi connectivity index (χ1n) is 6.49. The van der Waals surface area contributed by atoms with E-state index in [0.29, 0.717) is 6.10 Å². The van der Waals surface area contributed by atoms with Crippen LogP contribution in [0, 0.1) is 5.92 Å². The molecule has 1 aliphatic heterocycles. The van der Waals surface area contributed by atoms with Crippen molar-refractivity contribution in [2.45, 2.75) is 59.1 Å². The fourth-order valence-electron chi connectivity index (χ4n) is 2.23. The third kappa shape index (κ3) is 4.52. The SMILES string of the molecule is CCC(C)N1CCC(CCOC(C)C)C1. The average molecular weight is 213 g/mol. The van der Waals surface area contributed by atoms with Crippen LogP contribution in [0.5, 0.6) is 0 Å². The highest BCUT2D eigenvalue weighted by molar-refractivity contribution is 4.78. The molecule has 1 rings (SSSR count). The lowest BCUT2D eigenvalue weighted by atomic mass is 10.1. The Bertz CT molecular complexity index is 170. The molecule has 15 heavy (non-hydrogen) atoms. The summed E-state index contributed by atoms with van der Waals surface area (Å²) < 4.78 is 5.61. The van der Waals surface area contributed by atoms with Crippen molar-refractivity contribution in [2.24, 2.45) is 5.92 Å². The molecule has 2 atom stereocenters. The van der Waals surface area contributed by atoms with Gasteiger partial charge in [0.15, 0.2) is 0 Å². The zero-order valence-electron chi connectivity index (χ0n) is 10.8. The second-order valence-electron chi connectivity index (χ2n) is 5.12. The molecule has 0 aromatic carbocycles. The summed E-state index contributed by atoms with van der Waals surface area (Å²) in [5.41, 5.74) is 0. The lowest BCUT2D eigenvalue weighted by Crippen LogP contribution is -2.30. The van der Waals surface area contributed by atoms with Gasteiger partial charge < -0.3 is 9.64 Å². The zero-order valence-corrected chi connectivity index (χ0v) is 10.8. The molecule has 0 spiro atoms. The van der Waals surface area contributed by atoms with E-state index < -0.39 is 0 Å². The Morgan fingerprint density at radius 2 is 2.07 bits per heavy atom. The third-order valence-electron chi connectivity index (χ3n) is 3.51. The van der Waals surface area contributed by atoms with Crippen LogP contribution in [-0.4, -0.2) is 36.7 Å². The molecule has 1 heterocycles. The highest BCUT2D eigenvalue weighted by Crippen LogP contribution is 2.22. The number of nitrogens with zero attached hydrogens (tertiary/aromatic N) is 1. The Kier molecular flexibility index (Phi) is 5.62. The van der Waals surface area contributed by atoms with Crippen molar-refractivity contribution in [3.63, 3.8) is 0 Å². The van der Waals surface area contributed by atoms with Crippen LogP contribution in [0.15, 0.2) is 0 Å². The molecule has 0 bridgehead atoms. The Morgan fingerprint density at radius 3 is 2.67 bits per heavy atom. The molecular weight excluding hydrogens is 186 g/mol. The molecule has 2 heteroatoms. The van der Waals surface area contributed by atoms with E-state index in [0.717, 1.165) is 18.6 Å². The summed E-state index contributed by atoms with van der Waals surface area (Å²) >= 11 is 0. The first-order valence-corrected chi connectivity index (χ1v) is 6.49. The van der Waals surface area contributed by atoms with E-state index in [2.05, 4.69) is 32.6 Å². The normalized spacial score (nSPS) is 25.0. The number of hydrogen-bond donors (Lipinski definition) is 0. The molecule has 1 fully saturated rings. The van der Waals surface area contributed by atoms with Gasteiger partial charge in [0.05, 0.1) is 6.10 Å².